The third-order valence-electron chi connectivity index (χ3n) is 4.95. The molecule has 0 unspecified atom stereocenters. The molecule has 0 aliphatic rings. The minimum Gasteiger partial charge on any atom is -0.406 e. The second kappa shape index (κ2) is 7.43. The van der Waals surface area contributed by atoms with Gasteiger partial charge < -0.3 is 4.74 Å². The van der Waals surface area contributed by atoms with Crippen LogP contribution in [0.15, 0.2) is 55.0 Å². The van der Waals surface area contributed by atoms with Crippen molar-refractivity contribution in [1.82, 2.24) is 24.6 Å². The number of hydrogen-bond donors (Lipinski definition) is 1. The average Bonchev–Trinajstić information content (AvgIpc) is 3.38. The first kappa shape index (κ1) is 21.7. The SMILES string of the molecule is Fc1c(-c2c(C(F)(F)F)nc3cnc(-c4cccc(OC(F)(F)F)c4)cn23)ccc2[nH]ncc12. The van der Waals surface area contributed by atoms with Gasteiger partial charge in [0.15, 0.2) is 11.3 Å². The smallest absolute Gasteiger partial charge is 0.406 e. The molecular weight excluding hydrogens is 471 g/mol. The van der Waals surface area contributed by atoms with Gasteiger partial charge in [0.2, 0.25) is 0 Å². The van der Waals surface area contributed by atoms with Crippen molar-refractivity contribution < 1.29 is 35.5 Å². The van der Waals surface area contributed by atoms with Gasteiger partial charge in [0, 0.05) is 17.3 Å². The van der Waals surface area contributed by atoms with Crippen molar-refractivity contribution in [3.63, 3.8) is 0 Å². The molecule has 34 heavy (non-hydrogen) atoms. The summed E-state index contributed by atoms with van der Waals surface area (Å²) in [5.74, 6) is -1.48. The highest BCUT2D eigenvalue weighted by Gasteiger charge is 2.39. The molecule has 5 rings (SSSR count). The van der Waals surface area contributed by atoms with E-state index in [1.54, 1.807) is 0 Å². The van der Waals surface area contributed by atoms with Crippen LogP contribution >= 0.6 is 0 Å². The summed E-state index contributed by atoms with van der Waals surface area (Å²) in [6, 6.07) is 7.30. The first-order valence-electron chi connectivity index (χ1n) is 9.45. The monoisotopic (exact) mass is 481 g/mol. The fraction of sp³-hybridized carbons (Fsp3) is 0.0952. The summed E-state index contributed by atoms with van der Waals surface area (Å²) in [4.78, 5) is 7.59. The van der Waals surface area contributed by atoms with Crippen molar-refractivity contribution in [3.8, 4) is 28.3 Å². The molecule has 13 heteroatoms. The number of imidazole rings is 1. The Kier molecular flexibility index (Phi) is 4.74. The van der Waals surface area contributed by atoms with E-state index in [2.05, 4.69) is 24.9 Å². The maximum Gasteiger partial charge on any atom is 0.573 e. The van der Waals surface area contributed by atoms with E-state index >= 15 is 4.39 Å². The Bertz CT molecular complexity index is 1530. The Balaban J connectivity index is 1.73. The highest BCUT2D eigenvalue weighted by atomic mass is 19.4. The van der Waals surface area contributed by atoms with E-state index in [0.29, 0.717) is 0 Å². The van der Waals surface area contributed by atoms with Crippen molar-refractivity contribution in [2.24, 2.45) is 0 Å². The lowest BCUT2D eigenvalue weighted by Crippen LogP contribution is -2.17. The van der Waals surface area contributed by atoms with Crippen molar-refractivity contribution >= 4 is 16.6 Å². The molecular formula is C21H10F7N5O. The van der Waals surface area contributed by atoms with Crippen LogP contribution in [0.2, 0.25) is 0 Å². The van der Waals surface area contributed by atoms with Gasteiger partial charge in [-0.1, -0.05) is 12.1 Å². The minimum absolute atomic E-state index is 0.0114. The number of aromatic amines is 1. The molecule has 2 aromatic carbocycles. The molecule has 6 nitrogen and oxygen atoms in total. The van der Waals surface area contributed by atoms with E-state index in [1.165, 1.54) is 18.2 Å². The number of fused-ring (bicyclic) bond motifs is 2. The number of halogens is 7. The largest absolute Gasteiger partial charge is 0.573 e. The topological polar surface area (TPSA) is 68.1 Å². The number of ether oxygens (including phenoxy) is 1. The number of benzene rings is 2. The van der Waals surface area contributed by atoms with Gasteiger partial charge >= 0.3 is 12.5 Å². The third-order valence-corrected chi connectivity index (χ3v) is 4.95. The number of hydrogen-bond acceptors (Lipinski definition) is 4. The van der Waals surface area contributed by atoms with Gasteiger partial charge in [-0.05, 0) is 24.3 Å². The summed E-state index contributed by atoms with van der Waals surface area (Å²) in [7, 11) is 0. The molecule has 0 atom stereocenters. The number of nitrogens with one attached hydrogen (secondary N) is 1. The zero-order valence-corrected chi connectivity index (χ0v) is 16.5. The Morgan fingerprint density at radius 2 is 1.76 bits per heavy atom. The molecule has 0 fully saturated rings. The van der Waals surface area contributed by atoms with Crippen molar-refractivity contribution in [2.45, 2.75) is 12.5 Å². The van der Waals surface area contributed by atoms with E-state index in [4.69, 9.17) is 0 Å². The summed E-state index contributed by atoms with van der Waals surface area (Å²) in [6.45, 7) is 0. The van der Waals surface area contributed by atoms with Gasteiger partial charge in [-0.2, -0.15) is 18.3 Å². The summed E-state index contributed by atoms with van der Waals surface area (Å²) in [5.41, 5.74) is -2.13. The fourth-order valence-electron chi connectivity index (χ4n) is 3.58. The predicted molar refractivity (Wildman–Crippen MR) is 105 cm³/mol. The van der Waals surface area contributed by atoms with Gasteiger partial charge in [0.1, 0.15) is 11.6 Å². The van der Waals surface area contributed by atoms with E-state index in [-0.39, 0.29) is 33.4 Å². The van der Waals surface area contributed by atoms with Gasteiger partial charge in [-0.3, -0.25) is 14.5 Å². The number of aromatic nitrogens is 5. The highest BCUT2D eigenvalue weighted by molar-refractivity contribution is 5.85. The minimum atomic E-state index is -4.93. The standard InChI is InChI=1S/C21H10F7N5O/c22-17-12(4-5-14-13(17)7-30-32-14)18-19(20(23,24)25)31-16-8-29-15(9-33(16)18)10-2-1-3-11(6-10)34-21(26,27)28/h1-9H,(H,30,32). The first-order valence-corrected chi connectivity index (χ1v) is 9.45. The Morgan fingerprint density at radius 3 is 2.50 bits per heavy atom. The lowest BCUT2D eigenvalue weighted by atomic mass is 10.1. The maximum atomic E-state index is 15.2. The summed E-state index contributed by atoms with van der Waals surface area (Å²) in [5, 5.41) is 6.20. The lowest BCUT2D eigenvalue weighted by Gasteiger charge is -2.11. The second-order valence-electron chi connectivity index (χ2n) is 7.14. The van der Waals surface area contributed by atoms with E-state index < -0.39 is 35.5 Å². The molecule has 0 aliphatic heterocycles. The predicted octanol–water partition coefficient (Wildman–Crippen LogP) is 6.00. The Hall–Kier alpha value is -4.16. The summed E-state index contributed by atoms with van der Waals surface area (Å²) >= 11 is 0. The maximum absolute atomic E-state index is 15.2. The van der Waals surface area contributed by atoms with E-state index in [9.17, 15) is 26.3 Å². The van der Waals surface area contributed by atoms with Crippen LogP contribution in [0.1, 0.15) is 5.69 Å². The Labute approximate surface area is 184 Å². The van der Waals surface area contributed by atoms with Crippen LogP contribution in [-0.4, -0.2) is 30.9 Å². The van der Waals surface area contributed by atoms with Crippen LogP contribution in [0.5, 0.6) is 5.75 Å². The summed E-state index contributed by atoms with van der Waals surface area (Å²) in [6.07, 6.45) is -6.57. The quantitative estimate of drug-likeness (QED) is 0.321. The number of alkyl halides is 6. The lowest BCUT2D eigenvalue weighted by molar-refractivity contribution is -0.274. The molecule has 0 saturated carbocycles. The highest BCUT2D eigenvalue weighted by Crippen LogP contribution is 2.40. The van der Waals surface area contributed by atoms with Crippen LogP contribution < -0.4 is 4.74 Å². The second-order valence-corrected chi connectivity index (χ2v) is 7.14. The summed E-state index contributed by atoms with van der Waals surface area (Å²) < 4.78 is 99.3. The Morgan fingerprint density at radius 1 is 0.971 bits per heavy atom. The molecule has 174 valence electrons. The average molecular weight is 481 g/mol. The molecule has 0 aliphatic carbocycles. The molecule has 3 heterocycles. The van der Waals surface area contributed by atoms with Crippen LogP contribution in [-0.2, 0) is 6.18 Å². The number of rotatable bonds is 3. The molecule has 3 aromatic heterocycles. The van der Waals surface area contributed by atoms with Gasteiger partial charge in [-0.15, -0.1) is 13.2 Å². The van der Waals surface area contributed by atoms with Crippen LogP contribution in [0.3, 0.4) is 0 Å². The molecule has 0 spiro atoms. The van der Waals surface area contributed by atoms with Crippen molar-refractivity contribution in [2.75, 3.05) is 0 Å². The van der Waals surface area contributed by atoms with Crippen LogP contribution in [0, 0.1) is 5.82 Å². The zero-order valence-electron chi connectivity index (χ0n) is 16.5. The third kappa shape index (κ3) is 3.78. The van der Waals surface area contributed by atoms with Gasteiger partial charge in [-0.25, -0.2) is 9.37 Å². The molecule has 1 N–H and O–H groups in total. The fourth-order valence-corrected chi connectivity index (χ4v) is 3.58. The van der Waals surface area contributed by atoms with E-state index in [0.717, 1.165) is 41.2 Å². The van der Waals surface area contributed by atoms with Crippen LogP contribution in [0.25, 0.3) is 39.1 Å². The zero-order chi connectivity index (χ0) is 24.3. The van der Waals surface area contributed by atoms with Crippen molar-refractivity contribution in [1.29, 1.82) is 0 Å². The molecule has 0 bridgehead atoms. The van der Waals surface area contributed by atoms with Gasteiger partial charge in [0.05, 0.1) is 34.7 Å². The molecule has 0 saturated heterocycles. The molecule has 5 aromatic rings. The number of nitrogens with zero attached hydrogens (tertiary/aromatic N) is 4. The van der Waals surface area contributed by atoms with Gasteiger partial charge in [0.25, 0.3) is 0 Å². The van der Waals surface area contributed by atoms with E-state index in [1.807, 2.05) is 0 Å². The number of H-pyrrole nitrogens is 1. The first-order chi connectivity index (χ1) is 16.0. The van der Waals surface area contributed by atoms with Crippen molar-refractivity contribution in [3.05, 3.63) is 66.5 Å². The van der Waals surface area contributed by atoms with Crippen LogP contribution in [0.4, 0.5) is 30.7 Å². The molecule has 0 amide bonds. The molecule has 0 radical (unpaired) electrons. The normalized spacial score (nSPS) is 12.6.